The van der Waals surface area contributed by atoms with E-state index in [2.05, 4.69) is 5.32 Å². The van der Waals surface area contributed by atoms with E-state index in [0.29, 0.717) is 17.5 Å². The summed E-state index contributed by atoms with van der Waals surface area (Å²) in [6, 6.07) is 7.16. The first-order valence-corrected chi connectivity index (χ1v) is 13.1. The van der Waals surface area contributed by atoms with Gasteiger partial charge in [-0.1, -0.05) is 11.6 Å². The molecule has 41 heavy (non-hydrogen) atoms. The normalized spacial score (nSPS) is 21.9. The van der Waals surface area contributed by atoms with Crippen LogP contribution in [0.15, 0.2) is 51.2 Å². The molecule has 1 aliphatic rings. The molecule has 0 aliphatic carbocycles. The standard InChI is InChI=1S/C30H35NO10/c1-14(2)6-7-16-12-17(8-10-20(16)33)27(37)31-22-23(34)18-9-11-21(15(3)26(18)40-28(22)38)39-29-25(36)24(35)19(13-32)30(4,5)41-29/h6,8-12,19,24-25,29,32-36H,7,13H2,1-5H3,(H,31,37)/t19-,24+,25?,29-/m1/s1. The van der Waals surface area contributed by atoms with Gasteiger partial charge in [0.2, 0.25) is 6.29 Å². The fourth-order valence-electron chi connectivity index (χ4n) is 4.81. The summed E-state index contributed by atoms with van der Waals surface area (Å²) < 4.78 is 17.1. The summed E-state index contributed by atoms with van der Waals surface area (Å²) in [5.41, 5.74) is -0.488. The molecule has 1 fully saturated rings. The number of aliphatic hydroxyl groups is 3. The number of hydrogen-bond acceptors (Lipinski definition) is 10. The predicted octanol–water partition coefficient (Wildman–Crippen LogP) is 3.12. The summed E-state index contributed by atoms with van der Waals surface area (Å²) in [5, 5.41) is 54.2. The average Bonchev–Trinajstić information content (AvgIpc) is 2.90. The maximum Gasteiger partial charge on any atom is 0.364 e. The van der Waals surface area contributed by atoms with Gasteiger partial charge in [0.05, 0.1) is 23.7 Å². The number of ether oxygens (including phenoxy) is 2. The van der Waals surface area contributed by atoms with E-state index in [1.54, 1.807) is 20.8 Å². The predicted molar refractivity (Wildman–Crippen MR) is 150 cm³/mol. The van der Waals surface area contributed by atoms with Crippen LogP contribution in [0.3, 0.4) is 0 Å². The van der Waals surface area contributed by atoms with Gasteiger partial charge in [0.1, 0.15) is 23.2 Å². The molecule has 1 unspecified atom stereocenters. The Kier molecular flexibility index (Phi) is 8.46. The van der Waals surface area contributed by atoms with Gasteiger partial charge in [-0.05, 0) is 76.9 Å². The molecule has 1 amide bonds. The molecule has 2 heterocycles. The number of amides is 1. The Morgan fingerprint density at radius 2 is 1.83 bits per heavy atom. The molecule has 11 nitrogen and oxygen atoms in total. The van der Waals surface area contributed by atoms with Crippen molar-refractivity contribution in [1.82, 2.24) is 0 Å². The highest BCUT2D eigenvalue weighted by atomic mass is 16.7. The second-order valence-electron chi connectivity index (χ2n) is 10.9. The van der Waals surface area contributed by atoms with Crippen molar-refractivity contribution in [2.24, 2.45) is 5.92 Å². The molecule has 6 N–H and O–H groups in total. The molecule has 0 spiro atoms. The number of fused-ring (bicyclic) bond motifs is 1. The molecule has 11 heteroatoms. The highest BCUT2D eigenvalue weighted by molar-refractivity contribution is 6.06. The maximum absolute atomic E-state index is 13.0. The second kappa shape index (κ2) is 11.5. The number of phenolic OH excluding ortho intramolecular Hbond substituents is 1. The van der Waals surface area contributed by atoms with Gasteiger partial charge in [-0.3, -0.25) is 4.79 Å². The summed E-state index contributed by atoms with van der Waals surface area (Å²) in [5.74, 6) is -1.77. The Bertz CT molecular complexity index is 1550. The van der Waals surface area contributed by atoms with Gasteiger partial charge < -0.3 is 44.7 Å². The quantitative estimate of drug-likeness (QED) is 0.183. The summed E-state index contributed by atoms with van der Waals surface area (Å²) in [4.78, 5) is 25.8. The number of aliphatic hydroxyl groups excluding tert-OH is 3. The molecule has 0 bridgehead atoms. The van der Waals surface area contributed by atoms with E-state index < -0.39 is 59.6 Å². The van der Waals surface area contributed by atoms with Crippen molar-refractivity contribution in [3.8, 4) is 17.2 Å². The highest BCUT2D eigenvalue weighted by Crippen LogP contribution is 2.39. The summed E-state index contributed by atoms with van der Waals surface area (Å²) in [6.45, 7) is 8.30. The molecule has 3 aromatic rings. The molecule has 4 rings (SSSR count). The number of allylic oxidation sites excluding steroid dienone is 2. The van der Waals surface area contributed by atoms with Gasteiger partial charge in [0.25, 0.3) is 5.91 Å². The first kappa shape index (κ1) is 30.1. The number of carbonyl (C=O) groups is 1. The van der Waals surface area contributed by atoms with Crippen LogP contribution in [0.4, 0.5) is 5.69 Å². The Labute approximate surface area is 236 Å². The third-order valence-electron chi connectivity index (χ3n) is 7.35. The van der Waals surface area contributed by atoms with Crippen LogP contribution in [0.25, 0.3) is 11.0 Å². The van der Waals surface area contributed by atoms with Crippen molar-refractivity contribution >= 4 is 22.6 Å². The van der Waals surface area contributed by atoms with Gasteiger partial charge in [0.15, 0.2) is 11.4 Å². The molecule has 0 saturated carbocycles. The van der Waals surface area contributed by atoms with E-state index in [1.165, 1.54) is 30.3 Å². The minimum atomic E-state index is -1.48. The van der Waals surface area contributed by atoms with Crippen LogP contribution in [0.2, 0.25) is 0 Å². The van der Waals surface area contributed by atoms with Crippen LogP contribution >= 0.6 is 0 Å². The SMILES string of the molecule is CC(C)=CCc1cc(C(=O)Nc2c(O)c3ccc(O[C@@H]4OC(C)(C)[C@H](CO)[C@H](O)C4O)c(C)c3oc2=O)ccc1O. The number of hydrogen-bond donors (Lipinski definition) is 6. The lowest BCUT2D eigenvalue weighted by Crippen LogP contribution is -2.61. The highest BCUT2D eigenvalue weighted by Gasteiger charge is 2.49. The largest absolute Gasteiger partial charge is 0.508 e. The molecule has 1 aliphatic heterocycles. The Morgan fingerprint density at radius 3 is 2.49 bits per heavy atom. The van der Waals surface area contributed by atoms with Crippen LogP contribution in [-0.2, 0) is 11.2 Å². The lowest BCUT2D eigenvalue weighted by Gasteiger charge is -2.46. The van der Waals surface area contributed by atoms with E-state index in [0.717, 1.165) is 5.57 Å². The lowest BCUT2D eigenvalue weighted by atomic mass is 9.81. The zero-order chi connectivity index (χ0) is 30.2. The van der Waals surface area contributed by atoms with Gasteiger partial charge in [-0.15, -0.1) is 0 Å². The number of anilines is 1. The zero-order valence-electron chi connectivity index (χ0n) is 23.5. The van der Waals surface area contributed by atoms with Crippen molar-refractivity contribution in [3.05, 3.63) is 69.1 Å². The van der Waals surface area contributed by atoms with Crippen LogP contribution in [-0.4, -0.2) is 62.1 Å². The maximum atomic E-state index is 13.0. The molecule has 1 aromatic heterocycles. The van der Waals surface area contributed by atoms with Crippen molar-refractivity contribution in [2.45, 2.75) is 65.1 Å². The van der Waals surface area contributed by atoms with Crippen molar-refractivity contribution in [2.75, 3.05) is 11.9 Å². The Balaban J connectivity index is 1.62. The number of nitrogens with one attached hydrogen (secondary N) is 1. The third kappa shape index (κ3) is 5.94. The minimum Gasteiger partial charge on any atom is -0.508 e. The average molecular weight is 570 g/mol. The van der Waals surface area contributed by atoms with Gasteiger partial charge in [-0.2, -0.15) is 0 Å². The third-order valence-corrected chi connectivity index (χ3v) is 7.35. The molecular weight excluding hydrogens is 534 g/mol. The van der Waals surface area contributed by atoms with E-state index in [4.69, 9.17) is 13.9 Å². The summed E-state index contributed by atoms with van der Waals surface area (Å²) in [7, 11) is 0. The first-order valence-electron chi connectivity index (χ1n) is 13.1. The monoisotopic (exact) mass is 569 g/mol. The van der Waals surface area contributed by atoms with Crippen LogP contribution < -0.4 is 15.7 Å². The lowest BCUT2D eigenvalue weighted by molar-refractivity contribution is -0.292. The molecule has 2 aromatic carbocycles. The summed E-state index contributed by atoms with van der Waals surface area (Å²) >= 11 is 0. The van der Waals surface area contributed by atoms with Crippen molar-refractivity contribution < 1.29 is 44.2 Å². The number of benzene rings is 2. The number of carbonyl (C=O) groups excluding carboxylic acids is 1. The van der Waals surface area contributed by atoms with Crippen molar-refractivity contribution in [1.29, 1.82) is 0 Å². The molecule has 220 valence electrons. The molecular formula is C30H35NO10. The van der Waals surface area contributed by atoms with E-state index >= 15 is 0 Å². The number of aryl methyl sites for hydroxylation is 1. The number of aromatic hydroxyl groups is 2. The fourth-order valence-corrected chi connectivity index (χ4v) is 4.81. The smallest absolute Gasteiger partial charge is 0.364 e. The van der Waals surface area contributed by atoms with Crippen molar-refractivity contribution in [3.63, 3.8) is 0 Å². The molecule has 1 saturated heterocycles. The van der Waals surface area contributed by atoms with Crippen LogP contribution in [0, 0.1) is 12.8 Å². The van der Waals surface area contributed by atoms with Crippen LogP contribution in [0.1, 0.15) is 49.2 Å². The molecule has 4 atom stereocenters. The van der Waals surface area contributed by atoms with Gasteiger partial charge in [-0.25, -0.2) is 4.79 Å². The van der Waals surface area contributed by atoms with Gasteiger partial charge in [0, 0.05) is 17.0 Å². The topological polar surface area (TPSA) is 179 Å². The minimum absolute atomic E-state index is 0.0185. The fraction of sp³-hybridized carbons (Fsp3) is 0.400. The Morgan fingerprint density at radius 1 is 1.12 bits per heavy atom. The van der Waals surface area contributed by atoms with E-state index in [-0.39, 0.29) is 28.0 Å². The second-order valence-corrected chi connectivity index (χ2v) is 10.9. The van der Waals surface area contributed by atoms with Gasteiger partial charge >= 0.3 is 5.63 Å². The zero-order valence-corrected chi connectivity index (χ0v) is 23.5. The summed E-state index contributed by atoms with van der Waals surface area (Å²) in [6.07, 6.45) is -1.79. The number of phenols is 1. The van der Waals surface area contributed by atoms with Crippen LogP contribution in [0.5, 0.6) is 17.2 Å². The number of rotatable bonds is 7. The first-order chi connectivity index (χ1) is 19.2. The van der Waals surface area contributed by atoms with E-state index in [9.17, 15) is 35.1 Å². The molecule has 0 radical (unpaired) electrons. The van der Waals surface area contributed by atoms with E-state index in [1.807, 2.05) is 19.9 Å². The Hall–Kier alpha value is -3.90.